The molecule has 0 aromatic heterocycles. The third-order valence-electron chi connectivity index (χ3n) is 4.47. The molecule has 0 saturated heterocycles. The minimum Gasteiger partial charge on any atom is -0.492 e. The first-order chi connectivity index (χ1) is 15.1. The fourth-order valence-corrected chi connectivity index (χ4v) is 2.89. The number of amides is 1. The van der Waals surface area contributed by atoms with Crippen LogP contribution in [0.1, 0.15) is 29.8 Å². The Labute approximate surface area is 181 Å². The van der Waals surface area contributed by atoms with E-state index in [0.717, 1.165) is 0 Å². The van der Waals surface area contributed by atoms with Gasteiger partial charge in [-0.2, -0.15) is 0 Å². The second kappa shape index (κ2) is 10.8. The molecule has 0 radical (unpaired) electrons. The molecule has 3 rings (SSSR count). The van der Waals surface area contributed by atoms with Crippen LogP contribution in [0.4, 0.5) is 5.69 Å². The molecular formula is C25H25NO5. The smallest absolute Gasteiger partial charge is 0.339 e. The van der Waals surface area contributed by atoms with Crippen molar-refractivity contribution in [1.29, 1.82) is 0 Å². The second-order valence-corrected chi connectivity index (χ2v) is 6.72. The van der Waals surface area contributed by atoms with Gasteiger partial charge >= 0.3 is 5.97 Å². The molecule has 0 aliphatic carbocycles. The van der Waals surface area contributed by atoms with Crippen molar-refractivity contribution in [1.82, 2.24) is 0 Å². The number of anilines is 1. The van der Waals surface area contributed by atoms with E-state index in [2.05, 4.69) is 5.32 Å². The molecule has 0 spiro atoms. The van der Waals surface area contributed by atoms with Crippen molar-refractivity contribution in [3.05, 3.63) is 90.0 Å². The molecule has 1 amide bonds. The van der Waals surface area contributed by atoms with Gasteiger partial charge in [-0.25, -0.2) is 4.79 Å². The van der Waals surface area contributed by atoms with E-state index in [1.807, 2.05) is 49.4 Å². The number of esters is 1. The lowest BCUT2D eigenvalue weighted by atomic mass is 10.1. The van der Waals surface area contributed by atoms with Crippen LogP contribution in [0.15, 0.2) is 78.9 Å². The fourth-order valence-electron chi connectivity index (χ4n) is 2.89. The van der Waals surface area contributed by atoms with E-state index in [1.54, 1.807) is 36.4 Å². The molecule has 1 N–H and O–H groups in total. The van der Waals surface area contributed by atoms with Crippen molar-refractivity contribution >= 4 is 17.6 Å². The van der Waals surface area contributed by atoms with E-state index in [9.17, 15) is 9.59 Å². The highest BCUT2D eigenvalue weighted by molar-refractivity contribution is 5.98. The Morgan fingerprint density at radius 2 is 1.55 bits per heavy atom. The van der Waals surface area contributed by atoms with Gasteiger partial charge in [0.2, 0.25) is 0 Å². The van der Waals surface area contributed by atoms with Crippen LogP contribution in [-0.4, -0.2) is 24.6 Å². The molecule has 0 fully saturated rings. The zero-order valence-electron chi connectivity index (χ0n) is 17.5. The summed E-state index contributed by atoms with van der Waals surface area (Å²) >= 11 is 0. The third-order valence-corrected chi connectivity index (χ3v) is 4.47. The van der Waals surface area contributed by atoms with E-state index in [-0.39, 0.29) is 6.61 Å². The molecule has 6 nitrogen and oxygen atoms in total. The van der Waals surface area contributed by atoms with E-state index >= 15 is 0 Å². The minimum atomic E-state index is -0.995. The maximum absolute atomic E-state index is 12.7. The summed E-state index contributed by atoms with van der Waals surface area (Å²) in [4.78, 5) is 25.3. The lowest BCUT2D eigenvalue weighted by Gasteiger charge is -2.16. The summed E-state index contributed by atoms with van der Waals surface area (Å²) in [7, 11) is 0. The Balaban J connectivity index is 1.64. The maximum atomic E-state index is 12.7. The van der Waals surface area contributed by atoms with Gasteiger partial charge in [-0.3, -0.25) is 4.79 Å². The van der Waals surface area contributed by atoms with E-state index in [4.69, 9.17) is 14.2 Å². The Morgan fingerprint density at radius 3 is 2.32 bits per heavy atom. The molecule has 0 bridgehead atoms. The molecule has 0 aliphatic heterocycles. The summed E-state index contributed by atoms with van der Waals surface area (Å²) in [6, 6.07) is 23.4. The molecule has 1 atom stereocenters. The molecule has 31 heavy (non-hydrogen) atoms. The molecular weight excluding hydrogens is 394 g/mol. The van der Waals surface area contributed by atoms with Crippen molar-refractivity contribution in [3.8, 4) is 11.5 Å². The summed E-state index contributed by atoms with van der Waals surface area (Å²) in [6.45, 7) is 4.07. The number of carbonyl (C=O) groups excluding carboxylic acids is 2. The number of rotatable bonds is 9. The lowest BCUT2D eigenvalue weighted by molar-refractivity contribution is -0.123. The normalized spacial score (nSPS) is 11.3. The number of ether oxygens (including phenoxy) is 3. The third kappa shape index (κ3) is 6.09. The number of nitrogens with one attached hydrogen (secondary N) is 1. The Hall–Kier alpha value is -3.80. The first-order valence-corrected chi connectivity index (χ1v) is 10.1. The van der Waals surface area contributed by atoms with Crippen LogP contribution in [0.25, 0.3) is 0 Å². The Morgan fingerprint density at radius 1 is 0.871 bits per heavy atom. The van der Waals surface area contributed by atoms with Crippen LogP contribution in [-0.2, 0) is 16.1 Å². The quantitative estimate of drug-likeness (QED) is 0.502. The van der Waals surface area contributed by atoms with E-state index in [0.29, 0.717) is 34.9 Å². The van der Waals surface area contributed by atoms with Crippen LogP contribution < -0.4 is 14.8 Å². The second-order valence-electron chi connectivity index (χ2n) is 6.72. The monoisotopic (exact) mass is 419 g/mol. The summed E-state index contributed by atoms with van der Waals surface area (Å²) in [5.74, 6) is 0.221. The van der Waals surface area contributed by atoms with Gasteiger partial charge in [0.05, 0.1) is 17.9 Å². The van der Waals surface area contributed by atoms with Crippen LogP contribution >= 0.6 is 0 Å². The molecule has 0 saturated carbocycles. The van der Waals surface area contributed by atoms with Crippen LogP contribution in [0.2, 0.25) is 0 Å². The first-order valence-electron chi connectivity index (χ1n) is 10.1. The molecule has 0 aliphatic rings. The van der Waals surface area contributed by atoms with Gasteiger partial charge < -0.3 is 19.5 Å². The molecule has 0 unspecified atom stereocenters. The fraction of sp³-hybridized carbons (Fsp3) is 0.200. The lowest BCUT2D eigenvalue weighted by Crippen LogP contribution is -2.30. The average molecular weight is 419 g/mol. The number of benzene rings is 3. The summed E-state index contributed by atoms with van der Waals surface area (Å²) in [5, 5.41) is 2.75. The number of para-hydroxylation sites is 3. The maximum Gasteiger partial charge on any atom is 0.339 e. The largest absolute Gasteiger partial charge is 0.492 e. The molecule has 3 aromatic carbocycles. The molecule has 160 valence electrons. The van der Waals surface area contributed by atoms with Gasteiger partial charge in [0, 0.05) is 5.56 Å². The zero-order chi connectivity index (χ0) is 22.1. The predicted octanol–water partition coefficient (Wildman–Crippen LogP) is 4.85. The summed E-state index contributed by atoms with van der Waals surface area (Å²) in [6.07, 6.45) is -0.995. The van der Waals surface area contributed by atoms with E-state index < -0.39 is 18.0 Å². The summed E-state index contributed by atoms with van der Waals surface area (Å²) in [5.41, 5.74) is 1.55. The molecule has 3 aromatic rings. The standard InChI is InChI=1S/C25H25NO5/c1-3-29-23-16-10-9-15-22(23)26-24(27)18(2)31-25(28)21-14-8-7-11-19(21)17-30-20-12-5-4-6-13-20/h4-16,18H,3,17H2,1-2H3,(H,26,27)/t18-/m0/s1. The predicted molar refractivity (Wildman–Crippen MR) is 118 cm³/mol. The highest BCUT2D eigenvalue weighted by atomic mass is 16.5. The van der Waals surface area contributed by atoms with E-state index in [1.165, 1.54) is 6.92 Å². The van der Waals surface area contributed by atoms with Gasteiger partial charge in [0.1, 0.15) is 18.1 Å². The number of hydrogen-bond acceptors (Lipinski definition) is 5. The highest BCUT2D eigenvalue weighted by Crippen LogP contribution is 2.24. The first kappa shape index (κ1) is 21.9. The van der Waals surface area contributed by atoms with Crippen molar-refractivity contribution in [2.45, 2.75) is 26.6 Å². The van der Waals surface area contributed by atoms with Gasteiger partial charge in [0.25, 0.3) is 5.91 Å². The topological polar surface area (TPSA) is 73.9 Å². The van der Waals surface area contributed by atoms with Crippen LogP contribution in [0.3, 0.4) is 0 Å². The van der Waals surface area contributed by atoms with Crippen molar-refractivity contribution in [2.24, 2.45) is 0 Å². The summed E-state index contributed by atoms with van der Waals surface area (Å²) < 4.78 is 16.7. The number of hydrogen-bond donors (Lipinski definition) is 1. The van der Waals surface area contributed by atoms with Crippen molar-refractivity contribution < 1.29 is 23.8 Å². The highest BCUT2D eigenvalue weighted by Gasteiger charge is 2.22. The minimum absolute atomic E-state index is 0.206. The van der Waals surface area contributed by atoms with Gasteiger partial charge in [-0.1, -0.05) is 48.5 Å². The van der Waals surface area contributed by atoms with Crippen molar-refractivity contribution in [2.75, 3.05) is 11.9 Å². The molecule has 6 heteroatoms. The van der Waals surface area contributed by atoms with Gasteiger partial charge in [0.15, 0.2) is 6.10 Å². The van der Waals surface area contributed by atoms with Gasteiger partial charge in [-0.05, 0) is 44.2 Å². The SMILES string of the molecule is CCOc1ccccc1NC(=O)[C@H](C)OC(=O)c1ccccc1COc1ccccc1. The number of carbonyl (C=O) groups is 2. The zero-order valence-corrected chi connectivity index (χ0v) is 17.5. The van der Waals surface area contributed by atoms with Crippen LogP contribution in [0, 0.1) is 0 Å². The average Bonchev–Trinajstić information content (AvgIpc) is 2.80. The Bertz CT molecular complexity index is 1020. The van der Waals surface area contributed by atoms with Gasteiger partial charge in [-0.15, -0.1) is 0 Å². The van der Waals surface area contributed by atoms with Crippen LogP contribution in [0.5, 0.6) is 11.5 Å². The Kier molecular flexibility index (Phi) is 7.65. The molecule has 0 heterocycles. The van der Waals surface area contributed by atoms with Crippen molar-refractivity contribution in [3.63, 3.8) is 0 Å².